The van der Waals surface area contributed by atoms with E-state index in [0.717, 1.165) is 0 Å². The van der Waals surface area contributed by atoms with Crippen molar-refractivity contribution in [1.82, 2.24) is 0 Å². The molecule has 0 aliphatic rings. The minimum Gasteiger partial charge on any atom is -0.358 e. The van der Waals surface area contributed by atoms with Gasteiger partial charge in [0.15, 0.2) is 5.78 Å². The first-order chi connectivity index (χ1) is 4.18. The largest absolute Gasteiger partial charge is 0.358 e. The Kier molecular flexibility index (Phi) is 3.74. The van der Waals surface area contributed by atoms with Crippen LogP contribution in [0.4, 0.5) is 0 Å². The number of ketones is 1. The van der Waals surface area contributed by atoms with Gasteiger partial charge in [-0.15, -0.1) is 6.42 Å². The predicted octanol–water partition coefficient (Wildman–Crippen LogP) is 0.614. The van der Waals surface area contributed by atoms with E-state index in [1.165, 1.54) is 6.92 Å². The van der Waals surface area contributed by atoms with Crippen LogP contribution < -0.4 is 0 Å². The molecule has 0 N–H and O–H groups in total. The summed E-state index contributed by atoms with van der Waals surface area (Å²) in [6.07, 6.45) is 4.53. The summed E-state index contributed by atoms with van der Waals surface area (Å²) in [6.45, 7) is 3.36. The van der Waals surface area contributed by atoms with Crippen molar-refractivity contribution in [2.24, 2.45) is 0 Å². The highest BCUT2D eigenvalue weighted by atomic mass is 16.5. The molecule has 1 atom stereocenters. The van der Waals surface area contributed by atoms with Crippen molar-refractivity contribution in [3.63, 3.8) is 0 Å². The summed E-state index contributed by atoms with van der Waals surface area (Å²) in [4.78, 5) is 10.5. The van der Waals surface area contributed by atoms with Gasteiger partial charge in [0.05, 0.1) is 0 Å². The highest BCUT2D eigenvalue weighted by Gasteiger charge is 2.04. The average molecular weight is 126 g/mol. The summed E-state index contributed by atoms with van der Waals surface area (Å²) in [5.41, 5.74) is 0. The van der Waals surface area contributed by atoms with E-state index in [1.807, 2.05) is 0 Å². The highest BCUT2D eigenvalue weighted by molar-refractivity contribution is 5.79. The standard InChI is InChI=1S/C7H10O2/c1-4-5-9-7(3)6(2)8/h1,7H,5H2,2-3H3. The van der Waals surface area contributed by atoms with E-state index in [4.69, 9.17) is 11.2 Å². The fourth-order valence-corrected chi connectivity index (χ4v) is 0.290. The average Bonchev–Trinajstić information content (AvgIpc) is 1.82. The molecule has 0 rings (SSSR count). The van der Waals surface area contributed by atoms with Gasteiger partial charge in [0.2, 0.25) is 0 Å². The van der Waals surface area contributed by atoms with Gasteiger partial charge in [-0.05, 0) is 13.8 Å². The number of terminal acetylenes is 1. The van der Waals surface area contributed by atoms with Crippen molar-refractivity contribution in [2.75, 3.05) is 6.61 Å². The lowest BCUT2D eigenvalue weighted by atomic mass is 10.3. The molecule has 0 aromatic heterocycles. The number of rotatable bonds is 3. The fraction of sp³-hybridized carbons (Fsp3) is 0.571. The molecule has 0 aliphatic carbocycles. The second kappa shape index (κ2) is 4.11. The number of ether oxygens (including phenoxy) is 1. The molecule has 2 heteroatoms. The molecule has 1 unspecified atom stereocenters. The third-order valence-corrected chi connectivity index (χ3v) is 0.989. The van der Waals surface area contributed by atoms with E-state index >= 15 is 0 Å². The van der Waals surface area contributed by atoms with E-state index in [0.29, 0.717) is 0 Å². The van der Waals surface area contributed by atoms with Crippen molar-refractivity contribution in [3.8, 4) is 12.3 Å². The quantitative estimate of drug-likeness (QED) is 0.518. The van der Waals surface area contributed by atoms with Gasteiger partial charge in [0.25, 0.3) is 0 Å². The number of carbonyl (C=O) groups is 1. The molecular formula is C7H10O2. The lowest BCUT2D eigenvalue weighted by Gasteiger charge is -2.04. The van der Waals surface area contributed by atoms with Crippen LogP contribution in [-0.2, 0) is 9.53 Å². The normalized spacial score (nSPS) is 12.1. The molecule has 0 fully saturated rings. The Hall–Kier alpha value is -0.810. The van der Waals surface area contributed by atoms with E-state index in [1.54, 1.807) is 6.92 Å². The first-order valence-electron chi connectivity index (χ1n) is 2.74. The molecular weight excluding hydrogens is 116 g/mol. The Labute approximate surface area is 55.2 Å². The Bertz CT molecular complexity index is 132. The Balaban J connectivity index is 3.41. The summed E-state index contributed by atoms with van der Waals surface area (Å²) < 4.78 is 4.87. The molecule has 0 saturated heterocycles. The highest BCUT2D eigenvalue weighted by Crippen LogP contribution is 1.89. The monoisotopic (exact) mass is 126 g/mol. The Morgan fingerprint density at radius 3 is 2.78 bits per heavy atom. The fourth-order valence-electron chi connectivity index (χ4n) is 0.290. The van der Waals surface area contributed by atoms with E-state index in [-0.39, 0.29) is 18.5 Å². The van der Waals surface area contributed by atoms with Crippen molar-refractivity contribution in [1.29, 1.82) is 0 Å². The van der Waals surface area contributed by atoms with Gasteiger partial charge in [-0.25, -0.2) is 0 Å². The molecule has 0 aliphatic heterocycles. The summed E-state index contributed by atoms with van der Waals surface area (Å²) in [6, 6.07) is 0. The molecule has 2 nitrogen and oxygen atoms in total. The number of carbonyl (C=O) groups excluding carboxylic acids is 1. The van der Waals surface area contributed by atoms with Gasteiger partial charge in [0.1, 0.15) is 12.7 Å². The maximum atomic E-state index is 10.5. The second-order valence-electron chi connectivity index (χ2n) is 1.77. The first kappa shape index (κ1) is 8.19. The Morgan fingerprint density at radius 2 is 2.44 bits per heavy atom. The summed E-state index contributed by atoms with van der Waals surface area (Å²) in [5.74, 6) is 2.28. The van der Waals surface area contributed by atoms with Crippen LogP contribution in [0.15, 0.2) is 0 Å². The van der Waals surface area contributed by atoms with Gasteiger partial charge in [-0.1, -0.05) is 5.92 Å². The minimum absolute atomic E-state index is 0.00486. The molecule has 0 spiro atoms. The van der Waals surface area contributed by atoms with Crippen molar-refractivity contribution in [2.45, 2.75) is 20.0 Å². The lowest BCUT2D eigenvalue weighted by Crippen LogP contribution is -2.17. The molecule has 50 valence electrons. The third-order valence-electron chi connectivity index (χ3n) is 0.989. The Morgan fingerprint density at radius 1 is 1.89 bits per heavy atom. The minimum atomic E-state index is -0.360. The van der Waals surface area contributed by atoms with Crippen LogP contribution >= 0.6 is 0 Å². The van der Waals surface area contributed by atoms with Gasteiger partial charge < -0.3 is 4.74 Å². The van der Waals surface area contributed by atoms with Crippen LogP contribution in [0.1, 0.15) is 13.8 Å². The maximum absolute atomic E-state index is 10.5. The van der Waals surface area contributed by atoms with Crippen LogP contribution in [0, 0.1) is 12.3 Å². The zero-order valence-corrected chi connectivity index (χ0v) is 5.68. The molecule has 0 aromatic carbocycles. The van der Waals surface area contributed by atoms with Crippen LogP contribution in [0.25, 0.3) is 0 Å². The zero-order valence-electron chi connectivity index (χ0n) is 5.68. The second-order valence-corrected chi connectivity index (χ2v) is 1.77. The first-order valence-corrected chi connectivity index (χ1v) is 2.74. The summed E-state index contributed by atoms with van der Waals surface area (Å²) >= 11 is 0. The zero-order chi connectivity index (χ0) is 7.28. The van der Waals surface area contributed by atoms with Crippen molar-refractivity contribution >= 4 is 5.78 Å². The number of hydrogen-bond acceptors (Lipinski definition) is 2. The van der Waals surface area contributed by atoms with E-state index in [9.17, 15) is 4.79 Å². The molecule has 0 bridgehead atoms. The summed E-state index contributed by atoms with van der Waals surface area (Å²) in [5, 5.41) is 0. The van der Waals surface area contributed by atoms with Crippen molar-refractivity contribution in [3.05, 3.63) is 0 Å². The van der Waals surface area contributed by atoms with Gasteiger partial charge in [-0.2, -0.15) is 0 Å². The van der Waals surface area contributed by atoms with Crippen LogP contribution in [0.3, 0.4) is 0 Å². The predicted molar refractivity (Wildman–Crippen MR) is 34.9 cm³/mol. The number of Topliss-reactive ketones (excluding diaryl/α,β-unsaturated/α-hetero) is 1. The maximum Gasteiger partial charge on any atom is 0.158 e. The van der Waals surface area contributed by atoms with E-state index < -0.39 is 0 Å². The van der Waals surface area contributed by atoms with Crippen molar-refractivity contribution < 1.29 is 9.53 Å². The number of hydrogen-bond donors (Lipinski definition) is 0. The smallest absolute Gasteiger partial charge is 0.158 e. The lowest BCUT2D eigenvalue weighted by molar-refractivity contribution is -0.126. The van der Waals surface area contributed by atoms with Gasteiger partial charge in [-0.3, -0.25) is 4.79 Å². The molecule has 0 aromatic rings. The third kappa shape index (κ3) is 3.75. The SMILES string of the molecule is C#CCOC(C)C(C)=O. The van der Waals surface area contributed by atoms with Gasteiger partial charge >= 0.3 is 0 Å². The van der Waals surface area contributed by atoms with Crippen LogP contribution in [0.2, 0.25) is 0 Å². The van der Waals surface area contributed by atoms with Gasteiger partial charge in [0, 0.05) is 0 Å². The molecule has 0 radical (unpaired) electrons. The molecule has 9 heavy (non-hydrogen) atoms. The van der Waals surface area contributed by atoms with Crippen LogP contribution in [0.5, 0.6) is 0 Å². The van der Waals surface area contributed by atoms with E-state index in [2.05, 4.69) is 5.92 Å². The molecule has 0 amide bonds. The van der Waals surface area contributed by atoms with Crippen LogP contribution in [-0.4, -0.2) is 18.5 Å². The summed E-state index contributed by atoms with van der Waals surface area (Å²) in [7, 11) is 0. The molecule has 0 saturated carbocycles. The topological polar surface area (TPSA) is 26.3 Å². The molecule has 0 heterocycles.